The van der Waals surface area contributed by atoms with Crippen LogP contribution in [0.3, 0.4) is 0 Å². The minimum absolute atomic E-state index is 0.262. The van der Waals surface area contributed by atoms with Crippen LogP contribution in [0, 0.1) is 35.2 Å². The zero-order valence-corrected chi connectivity index (χ0v) is 16.4. The molecule has 0 radical (unpaired) electrons. The molecule has 25 heavy (non-hydrogen) atoms. The standard InChI is InChI=1S/C23H33NO/c1-15(24-5)18-8-9-19-17-7-6-16-14-21(2,25)12-13-22(16,3)20(17)10-11-23(18,19)4/h6,17,19-20,25H,7-14H2,1-4H3/b18-15-/t17-,19-,20-,21+,22-,23+/m0/s1. The Labute approximate surface area is 153 Å². The Morgan fingerprint density at radius 1 is 1.12 bits per heavy atom. The van der Waals surface area contributed by atoms with Crippen molar-refractivity contribution in [1.29, 1.82) is 0 Å². The van der Waals surface area contributed by atoms with Crippen LogP contribution in [-0.4, -0.2) is 10.7 Å². The Hall–Kier alpha value is -1.07. The highest BCUT2D eigenvalue weighted by Gasteiger charge is 2.57. The molecule has 0 bridgehead atoms. The first-order chi connectivity index (χ1) is 11.7. The molecule has 0 aromatic rings. The van der Waals surface area contributed by atoms with Gasteiger partial charge >= 0.3 is 0 Å². The van der Waals surface area contributed by atoms with Crippen molar-refractivity contribution in [1.82, 2.24) is 0 Å². The molecule has 4 aliphatic carbocycles. The van der Waals surface area contributed by atoms with Gasteiger partial charge in [0.05, 0.1) is 12.2 Å². The third-order valence-electron chi connectivity index (χ3n) is 8.77. The van der Waals surface area contributed by atoms with E-state index in [1.165, 1.54) is 31.3 Å². The van der Waals surface area contributed by atoms with Gasteiger partial charge in [-0.15, -0.1) is 0 Å². The summed E-state index contributed by atoms with van der Waals surface area (Å²) in [5.74, 6) is 2.29. The topological polar surface area (TPSA) is 24.6 Å². The zero-order valence-electron chi connectivity index (χ0n) is 16.4. The van der Waals surface area contributed by atoms with E-state index in [0.717, 1.165) is 49.1 Å². The van der Waals surface area contributed by atoms with Gasteiger partial charge in [0.1, 0.15) is 0 Å². The summed E-state index contributed by atoms with van der Waals surface area (Å²) >= 11 is 0. The molecule has 0 unspecified atom stereocenters. The second-order valence-corrected chi connectivity index (χ2v) is 10.1. The third kappa shape index (κ3) is 2.38. The predicted octanol–water partition coefficient (Wildman–Crippen LogP) is 5.89. The molecule has 136 valence electrons. The van der Waals surface area contributed by atoms with E-state index in [4.69, 9.17) is 6.57 Å². The summed E-state index contributed by atoms with van der Waals surface area (Å²) in [6.07, 6.45) is 11.6. The van der Waals surface area contributed by atoms with Crippen molar-refractivity contribution in [3.05, 3.63) is 34.3 Å². The van der Waals surface area contributed by atoms with Crippen LogP contribution in [-0.2, 0) is 0 Å². The highest BCUT2D eigenvalue weighted by molar-refractivity contribution is 5.33. The van der Waals surface area contributed by atoms with Crippen LogP contribution in [0.4, 0.5) is 0 Å². The summed E-state index contributed by atoms with van der Waals surface area (Å²) < 4.78 is 0. The maximum Gasteiger partial charge on any atom is 0.162 e. The molecular formula is C23H33NO. The van der Waals surface area contributed by atoms with Crippen LogP contribution in [0.25, 0.3) is 4.85 Å². The van der Waals surface area contributed by atoms with Gasteiger partial charge in [-0.25, -0.2) is 4.85 Å². The van der Waals surface area contributed by atoms with Crippen molar-refractivity contribution in [3.63, 3.8) is 0 Å². The first-order valence-corrected chi connectivity index (χ1v) is 10.2. The SMILES string of the molecule is [C-]#[N+]/C(C)=C1/CC[C@H]2[C@@H]3CC=C4C[C@](C)(O)CC[C@]4(C)[C@H]3CC[C@]12C. The molecule has 0 saturated heterocycles. The first kappa shape index (κ1) is 17.3. The van der Waals surface area contributed by atoms with Crippen molar-refractivity contribution in [2.75, 3.05) is 0 Å². The summed E-state index contributed by atoms with van der Waals surface area (Å²) in [7, 11) is 0. The van der Waals surface area contributed by atoms with Crippen LogP contribution in [0.2, 0.25) is 0 Å². The van der Waals surface area contributed by atoms with E-state index in [9.17, 15) is 5.11 Å². The fourth-order valence-electron chi connectivity index (χ4n) is 7.28. The number of allylic oxidation sites excluding steroid dienone is 3. The van der Waals surface area contributed by atoms with Crippen molar-refractivity contribution in [3.8, 4) is 0 Å². The van der Waals surface area contributed by atoms with Crippen LogP contribution in [0.1, 0.15) is 79.1 Å². The largest absolute Gasteiger partial charge is 0.390 e. The molecule has 3 fully saturated rings. The molecule has 0 aromatic heterocycles. The molecule has 0 aliphatic heterocycles. The van der Waals surface area contributed by atoms with E-state index in [-0.39, 0.29) is 5.41 Å². The second kappa shape index (κ2) is 5.46. The van der Waals surface area contributed by atoms with Gasteiger partial charge < -0.3 is 5.11 Å². The molecule has 2 heteroatoms. The van der Waals surface area contributed by atoms with E-state index in [1.807, 2.05) is 13.8 Å². The lowest BCUT2D eigenvalue weighted by atomic mass is 9.47. The highest BCUT2D eigenvalue weighted by Crippen LogP contribution is 2.66. The minimum atomic E-state index is -0.503. The van der Waals surface area contributed by atoms with Gasteiger partial charge in [0.15, 0.2) is 5.70 Å². The normalized spacial score (nSPS) is 50.9. The maximum atomic E-state index is 10.6. The van der Waals surface area contributed by atoms with Gasteiger partial charge in [-0.3, -0.25) is 0 Å². The van der Waals surface area contributed by atoms with E-state index < -0.39 is 5.60 Å². The Morgan fingerprint density at radius 2 is 1.84 bits per heavy atom. The molecule has 0 spiro atoms. The lowest BCUT2D eigenvalue weighted by Crippen LogP contribution is -2.51. The molecule has 3 saturated carbocycles. The van der Waals surface area contributed by atoms with Crippen LogP contribution in [0.15, 0.2) is 22.9 Å². The number of nitrogens with zero attached hydrogens (tertiary/aromatic N) is 1. The Bertz CT molecular complexity index is 693. The fourth-order valence-corrected chi connectivity index (χ4v) is 7.28. The summed E-state index contributed by atoms with van der Waals surface area (Å²) in [5.41, 5.74) is 4.04. The Balaban J connectivity index is 1.69. The maximum absolute atomic E-state index is 10.6. The van der Waals surface area contributed by atoms with E-state index in [2.05, 4.69) is 24.8 Å². The quantitative estimate of drug-likeness (QED) is 0.432. The summed E-state index contributed by atoms with van der Waals surface area (Å²) in [6, 6.07) is 0. The number of hydrogen-bond donors (Lipinski definition) is 1. The lowest BCUT2D eigenvalue weighted by molar-refractivity contribution is -0.0505. The molecule has 0 amide bonds. The summed E-state index contributed by atoms with van der Waals surface area (Å²) in [4.78, 5) is 3.80. The number of fused-ring (bicyclic) bond motifs is 5. The van der Waals surface area contributed by atoms with Gasteiger partial charge in [-0.05, 0) is 93.8 Å². The second-order valence-electron chi connectivity index (χ2n) is 10.1. The van der Waals surface area contributed by atoms with Gasteiger partial charge in [0.25, 0.3) is 0 Å². The smallest absolute Gasteiger partial charge is 0.162 e. The number of aliphatic hydroxyl groups is 1. The Morgan fingerprint density at radius 3 is 2.56 bits per heavy atom. The van der Waals surface area contributed by atoms with Crippen LogP contribution >= 0.6 is 0 Å². The van der Waals surface area contributed by atoms with Gasteiger partial charge in [0, 0.05) is 0 Å². The van der Waals surface area contributed by atoms with E-state index in [1.54, 1.807) is 5.57 Å². The number of hydrogen-bond acceptors (Lipinski definition) is 1. The fraction of sp³-hybridized carbons (Fsp3) is 0.783. The molecule has 1 N–H and O–H groups in total. The monoisotopic (exact) mass is 339 g/mol. The van der Waals surface area contributed by atoms with Gasteiger partial charge in [-0.1, -0.05) is 31.1 Å². The van der Waals surface area contributed by atoms with Gasteiger partial charge in [0.2, 0.25) is 0 Å². The average Bonchev–Trinajstić information content (AvgIpc) is 2.92. The highest BCUT2D eigenvalue weighted by atomic mass is 16.3. The Kier molecular flexibility index (Phi) is 3.79. The third-order valence-corrected chi connectivity index (χ3v) is 8.77. The molecule has 0 aromatic carbocycles. The van der Waals surface area contributed by atoms with E-state index in [0.29, 0.717) is 5.41 Å². The first-order valence-electron chi connectivity index (χ1n) is 10.2. The predicted molar refractivity (Wildman–Crippen MR) is 102 cm³/mol. The number of rotatable bonds is 0. The van der Waals surface area contributed by atoms with Crippen molar-refractivity contribution >= 4 is 0 Å². The van der Waals surface area contributed by atoms with Crippen molar-refractivity contribution in [2.24, 2.45) is 28.6 Å². The molecule has 4 aliphatic rings. The van der Waals surface area contributed by atoms with Gasteiger partial charge in [-0.2, -0.15) is 0 Å². The van der Waals surface area contributed by atoms with Crippen LogP contribution in [0.5, 0.6) is 0 Å². The molecule has 6 atom stereocenters. The lowest BCUT2D eigenvalue weighted by Gasteiger charge is -2.58. The van der Waals surface area contributed by atoms with Crippen molar-refractivity contribution < 1.29 is 5.11 Å². The molecule has 0 heterocycles. The molecular weight excluding hydrogens is 306 g/mol. The molecule has 2 nitrogen and oxygen atoms in total. The van der Waals surface area contributed by atoms with Crippen molar-refractivity contribution in [2.45, 2.75) is 84.7 Å². The van der Waals surface area contributed by atoms with Crippen LogP contribution < -0.4 is 0 Å². The summed E-state index contributed by atoms with van der Waals surface area (Å²) in [5, 5.41) is 10.6. The summed E-state index contributed by atoms with van der Waals surface area (Å²) in [6.45, 7) is 16.5. The van der Waals surface area contributed by atoms with E-state index >= 15 is 0 Å². The molecule has 4 rings (SSSR count). The minimum Gasteiger partial charge on any atom is -0.390 e. The average molecular weight is 340 g/mol. The zero-order chi connectivity index (χ0) is 18.0.